The fourth-order valence-electron chi connectivity index (χ4n) is 12.0. The van der Waals surface area contributed by atoms with Crippen molar-refractivity contribution in [2.24, 2.45) is 0 Å². The third-order valence-corrected chi connectivity index (χ3v) is 15.3. The topological polar surface area (TPSA) is 58.5 Å². The maximum Gasteiger partial charge on any atom is 0.227 e. The maximum atomic E-state index is 7.46. The van der Waals surface area contributed by atoms with Gasteiger partial charge in [-0.15, -0.1) is 0 Å². The molecule has 2 aromatic heterocycles. The van der Waals surface area contributed by atoms with Crippen LogP contribution in [0.4, 0.5) is 34.1 Å². The number of aromatic nitrogens is 2. The van der Waals surface area contributed by atoms with Gasteiger partial charge in [-0.05, 0) is 106 Å². The van der Waals surface area contributed by atoms with Crippen molar-refractivity contribution in [2.45, 2.75) is 5.41 Å². The van der Waals surface area contributed by atoms with Gasteiger partial charge in [-0.25, -0.2) is 9.97 Å². The van der Waals surface area contributed by atoms with Crippen molar-refractivity contribution in [1.29, 1.82) is 0 Å². The second-order valence-corrected chi connectivity index (χ2v) is 19.6. The molecule has 1 aliphatic rings. The van der Waals surface area contributed by atoms with Gasteiger partial charge < -0.3 is 18.6 Å². The van der Waals surface area contributed by atoms with Gasteiger partial charge in [0.05, 0.1) is 28.2 Å². The number of hydrogen-bond acceptors (Lipinski definition) is 6. The van der Waals surface area contributed by atoms with E-state index in [0.29, 0.717) is 34.0 Å². The Bertz CT molecular complexity index is 4200. The van der Waals surface area contributed by atoms with Crippen molar-refractivity contribution in [1.82, 2.24) is 9.97 Å². The number of oxazole rings is 2. The molecule has 12 aromatic carbocycles. The fraction of sp³-hybridized carbons (Fsp3) is 0.0141. The summed E-state index contributed by atoms with van der Waals surface area (Å²) in [5.41, 5.74) is 15.2. The minimum absolute atomic E-state index is 0.515. The van der Waals surface area contributed by atoms with Gasteiger partial charge in [0.1, 0.15) is 11.0 Å². The van der Waals surface area contributed by atoms with Crippen LogP contribution >= 0.6 is 0 Å². The van der Waals surface area contributed by atoms with Crippen LogP contribution in [-0.2, 0) is 5.41 Å². The highest BCUT2D eigenvalue weighted by Crippen LogP contribution is 2.63. The second-order valence-electron chi connectivity index (χ2n) is 19.6. The molecule has 0 N–H and O–H groups in total. The van der Waals surface area contributed by atoms with Crippen molar-refractivity contribution in [2.75, 3.05) is 9.80 Å². The first-order valence-corrected chi connectivity index (χ1v) is 26.1. The van der Waals surface area contributed by atoms with Crippen LogP contribution in [0.25, 0.3) is 77.8 Å². The zero-order valence-electron chi connectivity index (χ0n) is 41.7. The second kappa shape index (κ2) is 18.0. The fourth-order valence-corrected chi connectivity index (χ4v) is 12.0. The standard InChI is InChI=1S/C71H46N4O2/c1-7-27-49(28-8-1)69-72-65-61(74(53-37-15-5-16-38-53)59-43-23-31-47-25-19-21-41-55(47)59)45-57-63(67(65)76-69)64-58(71(57,51-33-11-3-12-34-51)52-35-13-4-14-36-52)46-62(66-68(64)77-70(73-66)50-29-9-2-10-30-50)75(54-39-17-6-18-40-54)60-44-24-32-48-26-20-22-42-56(48)60/h1-46H. The number of benzene rings is 12. The highest BCUT2D eigenvalue weighted by Gasteiger charge is 2.51. The van der Waals surface area contributed by atoms with E-state index in [2.05, 4.69) is 252 Å². The molecule has 0 unspecified atom stereocenters. The smallest absolute Gasteiger partial charge is 0.227 e. The lowest BCUT2D eigenvalue weighted by atomic mass is 9.67. The van der Waals surface area contributed by atoms with Crippen LogP contribution in [0.15, 0.2) is 288 Å². The third kappa shape index (κ3) is 6.96. The van der Waals surface area contributed by atoms with Crippen LogP contribution in [0.5, 0.6) is 0 Å². The first kappa shape index (κ1) is 44.2. The first-order chi connectivity index (χ1) is 38.2. The number of nitrogens with zero attached hydrogens (tertiary/aromatic N) is 4. The zero-order valence-corrected chi connectivity index (χ0v) is 41.7. The van der Waals surface area contributed by atoms with Gasteiger partial charge in [-0.1, -0.05) is 206 Å². The third-order valence-electron chi connectivity index (χ3n) is 15.3. The molecule has 0 bridgehead atoms. The average Bonchev–Trinajstić information content (AvgIpc) is 4.00. The van der Waals surface area contributed by atoms with Crippen molar-refractivity contribution in [3.8, 4) is 34.0 Å². The molecule has 6 nitrogen and oxygen atoms in total. The lowest BCUT2D eigenvalue weighted by molar-refractivity contribution is 0.616. The van der Waals surface area contributed by atoms with Gasteiger partial charge in [-0.3, -0.25) is 0 Å². The Morgan fingerprint density at radius 1 is 0.312 bits per heavy atom. The summed E-state index contributed by atoms with van der Waals surface area (Å²) in [5, 5.41) is 4.48. The monoisotopic (exact) mass is 986 g/mol. The normalized spacial score (nSPS) is 12.5. The molecule has 1 aliphatic carbocycles. The van der Waals surface area contributed by atoms with E-state index in [4.69, 9.17) is 18.8 Å². The first-order valence-electron chi connectivity index (χ1n) is 26.1. The van der Waals surface area contributed by atoms with Gasteiger partial charge in [-0.2, -0.15) is 0 Å². The van der Waals surface area contributed by atoms with Crippen LogP contribution in [0.1, 0.15) is 22.3 Å². The van der Waals surface area contributed by atoms with Gasteiger partial charge >= 0.3 is 0 Å². The largest absolute Gasteiger partial charge is 0.435 e. The molecule has 0 aliphatic heterocycles. The molecule has 0 radical (unpaired) electrons. The van der Waals surface area contributed by atoms with E-state index < -0.39 is 5.41 Å². The molecule has 6 heteroatoms. The van der Waals surface area contributed by atoms with Crippen LogP contribution in [0.2, 0.25) is 0 Å². The molecule has 362 valence electrons. The molecule has 0 spiro atoms. The predicted octanol–water partition coefficient (Wildman–Crippen LogP) is 18.9. The Hall–Kier alpha value is -10.3. The summed E-state index contributed by atoms with van der Waals surface area (Å²) < 4.78 is 14.9. The molecule has 0 fully saturated rings. The summed E-state index contributed by atoms with van der Waals surface area (Å²) in [6, 6.07) is 98.6. The summed E-state index contributed by atoms with van der Waals surface area (Å²) in [6.45, 7) is 0. The molecule has 15 rings (SSSR count). The average molecular weight is 987 g/mol. The van der Waals surface area contributed by atoms with Crippen molar-refractivity contribution >= 4 is 77.9 Å². The van der Waals surface area contributed by atoms with E-state index in [0.717, 1.165) is 100 Å². The Morgan fingerprint density at radius 3 is 1.05 bits per heavy atom. The molecule has 2 heterocycles. The van der Waals surface area contributed by atoms with Gasteiger partial charge in [0.15, 0.2) is 11.2 Å². The molecule has 0 atom stereocenters. The Labute approximate surface area is 445 Å². The van der Waals surface area contributed by atoms with Gasteiger partial charge in [0, 0.05) is 44.4 Å². The quantitative estimate of drug-likeness (QED) is 0.136. The molecule has 77 heavy (non-hydrogen) atoms. The highest BCUT2D eigenvalue weighted by atomic mass is 16.4. The Morgan fingerprint density at radius 2 is 0.649 bits per heavy atom. The molecule has 0 saturated heterocycles. The summed E-state index contributed by atoms with van der Waals surface area (Å²) in [6.07, 6.45) is 0. The predicted molar refractivity (Wildman–Crippen MR) is 314 cm³/mol. The van der Waals surface area contributed by atoms with Gasteiger partial charge in [0.25, 0.3) is 0 Å². The lowest BCUT2D eigenvalue weighted by Crippen LogP contribution is -2.29. The van der Waals surface area contributed by atoms with Crippen LogP contribution in [0, 0.1) is 0 Å². The number of para-hydroxylation sites is 2. The number of anilines is 6. The zero-order chi connectivity index (χ0) is 50.9. The summed E-state index contributed by atoms with van der Waals surface area (Å²) in [4.78, 5) is 15.9. The lowest BCUT2D eigenvalue weighted by Gasteiger charge is -2.35. The molecule has 0 amide bonds. The van der Waals surface area contributed by atoms with E-state index in [1.54, 1.807) is 0 Å². The molecular formula is C71H46N4O2. The number of hydrogen-bond donors (Lipinski definition) is 0. The van der Waals surface area contributed by atoms with Crippen LogP contribution in [0.3, 0.4) is 0 Å². The van der Waals surface area contributed by atoms with E-state index in [9.17, 15) is 0 Å². The Kier molecular flexibility index (Phi) is 10.3. The van der Waals surface area contributed by atoms with E-state index in [-0.39, 0.29) is 0 Å². The summed E-state index contributed by atoms with van der Waals surface area (Å²) in [5.74, 6) is 1.03. The van der Waals surface area contributed by atoms with Crippen LogP contribution in [-0.4, -0.2) is 9.97 Å². The SMILES string of the molecule is c1ccc(-c2nc3c(N(c4ccccc4)c4cccc5ccccc45)cc4c(c3o2)-c2c(cc(N(c3ccccc3)c3cccc5ccccc35)c3nc(-c5ccccc5)oc23)C4(c2ccccc2)c2ccccc2)cc1. The van der Waals surface area contributed by atoms with Crippen molar-refractivity contribution in [3.63, 3.8) is 0 Å². The Balaban J connectivity index is 1.16. The van der Waals surface area contributed by atoms with E-state index in [1.807, 2.05) is 36.4 Å². The highest BCUT2D eigenvalue weighted by molar-refractivity contribution is 6.16. The number of rotatable bonds is 10. The van der Waals surface area contributed by atoms with E-state index >= 15 is 0 Å². The van der Waals surface area contributed by atoms with Gasteiger partial charge in [0.2, 0.25) is 11.8 Å². The molecule has 14 aromatic rings. The number of fused-ring (bicyclic) bond motifs is 9. The minimum Gasteiger partial charge on any atom is -0.435 e. The summed E-state index contributed by atoms with van der Waals surface area (Å²) >= 11 is 0. The summed E-state index contributed by atoms with van der Waals surface area (Å²) in [7, 11) is 0. The van der Waals surface area contributed by atoms with E-state index in [1.165, 1.54) is 0 Å². The van der Waals surface area contributed by atoms with Crippen LogP contribution < -0.4 is 9.80 Å². The minimum atomic E-state index is -0.972. The maximum absolute atomic E-state index is 7.46. The van der Waals surface area contributed by atoms with Crippen molar-refractivity contribution < 1.29 is 8.83 Å². The van der Waals surface area contributed by atoms with Crippen molar-refractivity contribution in [3.05, 3.63) is 301 Å². The molecular weight excluding hydrogens is 941 g/mol. The molecule has 0 saturated carbocycles.